The predicted molar refractivity (Wildman–Crippen MR) is 153 cm³/mol. The summed E-state index contributed by atoms with van der Waals surface area (Å²) in [6.45, 7) is 0.952. The molecular weight excluding hydrogens is 502 g/mol. The zero-order valence-corrected chi connectivity index (χ0v) is 23.9. The van der Waals surface area contributed by atoms with Crippen molar-refractivity contribution in [2.45, 2.75) is 132 Å². The van der Waals surface area contributed by atoms with Gasteiger partial charge in [0.05, 0.1) is 55.4 Å². The van der Waals surface area contributed by atoms with E-state index in [9.17, 15) is 0 Å². The number of hydrogen-bond acceptors (Lipinski definition) is 11. The van der Waals surface area contributed by atoms with E-state index in [4.69, 9.17) is 0 Å². The first-order valence-corrected chi connectivity index (χ1v) is 17.1. The van der Waals surface area contributed by atoms with Crippen LogP contribution in [0.2, 0.25) is 0 Å². The van der Waals surface area contributed by atoms with Crippen molar-refractivity contribution in [3.05, 3.63) is 0 Å². The first kappa shape index (κ1) is 26.0. The molecule has 3 saturated carbocycles. The minimum Gasteiger partial charge on any atom is -0.286 e. The maximum absolute atomic E-state index is 4.23. The lowest BCUT2D eigenvalue weighted by Gasteiger charge is -2.36. The van der Waals surface area contributed by atoms with Crippen molar-refractivity contribution in [2.24, 2.45) is 41.4 Å². The van der Waals surface area contributed by atoms with E-state index < -0.39 is 0 Å². The van der Waals surface area contributed by atoms with Crippen molar-refractivity contribution in [3.8, 4) is 0 Å². The van der Waals surface area contributed by atoms with Gasteiger partial charge in [-0.3, -0.25) is 42.5 Å². The van der Waals surface area contributed by atoms with Crippen molar-refractivity contribution < 1.29 is 0 Å². The fraction of sp³-hybridized carbons (Fsp3) is 1.00. The van der Waals surface area contributed by atoms with Gasteiger partial charge in [-0.2, -0.15) is 5.53 Å². The number of fused-ring (bicyclic) bond motifs is 20. The summed E-state index contributed by atoms with van der Waals surface area (Å²) in [5, 5.41) is 33.2. The molecule has 0 spiro atoms. The molecule has 3 aliphatic carbocycles. The molecule has 11 nitrogen and oxygen atoms in total. The average Bonchev–Trinajstić information content (AvgIpc) is 3.73. The molecule has 9 aliphatic rings. The largest absolute Gasteiger partial charge is 0.286 e. The second kappa shape index (κ2) is 10.6. The number of hydrazine groups is 2. The quantitative estimate of drug-likeness (QED) is 0.187. The molecular formula is C29H53N11. The summed E-state index contributed by atoms with van der Waals surface area (Å²) >= 11 is 0. The summed E-state index contributed by atoms with van der Waals surface area (Å²) in [4.78, 5) is 0. The summed E-state index contributed by atoms with van der Waals surface area (Å²) in [5.41, 5.74) is 10.2. The van der Waals surface area contributed by atoms with E-state index in [0.29, 0.717) is 72.6 Å². The van der Waals surface area contributed by atoms with Gasteiger partial charge in [0, 0.05) is 12.5 Å². The van der Waals surface area contributed by atoms with Gasteiger partial charge in [-0.15, -0.1) is 0 Å². The van der Waals surface area contributed by atoms with Gasteiger partial charge in [-0.05, 0) is 74.0 Å². The van der Waals surface area contributed by atoms with E-state index in [-0.39, 0.29) is 12.3 Å². The van der Waals surface area contributed by atoms with Gasteiger partial charge in [0.1, 0.15) is 0 Å². The van der Waals surface area contributed by atoms with E-state index in [1.807, 2.05) is 0 Å². The zero-order valence-electron chi connectivity index (χ0n) is 23.9. The van der Waals surface area contributed by atoms with E-state index in [2.05, 4.69) is 58.9 Å². The second-order valence-electron chi connectivity index (χ2n) is 14.8. The third-order valence-corrected chi connectivity index (χ3v) is 13.0. The molecule has 9 rings (SSSR count). The first-order valence-electron chi connectivity index (χ1n) is 17.1. The number of rotatable bonds is 0. The van der Waals surface area contributed by atoms with E-state index in [1.54, 1.807) is 0 Å². The van der Waals surface area contributed by atoms with Crippen LogP contribution in [0.1, 0.15) is 77.0 Å². The Balaban J connectivity index is 1.05. The van der Waals surface area contributed by atoms with Crippen LogP contribution in [0.3, 0.4) is 0 Å². The molecule has 0 amide bonds. The van der Waals surface area contributed by atoms with Crippen LogP contribution in [-0.2, 0) is 0 Å². The highest BCUT2D eigenvalue weighted by molar-refractivity contribution is 5.09. The summed E-state index contributed by atoms with van der Waals surface area (Å²) < 4.78 is 0. The Kier molecular flexibility index (Phi) is 6.91. The highest BCUT2D eigenvalue weighted by Gasteiger charge is 2.54. The Bertz CT molecular complexity index is 714. The predicted octanol–water partition coefficient (Wildman–Crippen LogP) is -0.604. The normalized spacial score (nSPS) is 57.6. The smallest absolute Gasteiger partial charge is 0.0772 e. The second-order valence-corrected chi connectivity index (χ2v) is 14.8. The van der Waals surface area contributed by atoms with Crippen LogP contribution in [0.25, 0.3) is 0 Å². The van der Waals surface area contributed by atoms with Gasteiger partial charge in [-0.25, -0.2) is 10.9 Å². The first-order chi connectivity index (χ1) is 19.8. The molecule has 0 aromatic rings. The molecule has 11 N–H and O–H groups in total. The van der Waals surface area contributed by atoms with Crippen LogP contribution in [0.5, 0.6) is 0 Å². The van der Waals surface area contributed by atoms with Gasteiger partial charge in [0.25, 0.3) is 0 Å². The molecule has 6 aliphatic heterocycles. The summed E-state index contributed by atoms with van der Waals surface area (Å²) in [6.07, 6.45) is 19.0. The fourth-order valence-electron chi connectivity index (χ4n) is 11.1. The highest BCUT2D eigenvalue weighted by Crippen LogP contribution is 2.44. The molecule has 8 bridgehead atoms. The van der Waals surface area contributed by atoms with E-state index in [1.165, 1.54) is 77.0 Å². The van der Waals surface area contributed by atoms with Gasteiger partial charge >= 0.3 is 0 Å². The lowest BCUT2D eigenvalue weighted by atomic mass is 9.77. The highest BCUT2D eigenvalue weighted by atomic mass is 15.6. The molecule has 6 heterocycles. The lowest BCUT2D eigenvalue weighted by molar-refractivity contribution is 0.166. The van der Waals surface area contributed by atoms with Crippen molar-refractivity contribution in [3.63, 3.8) is 0 Å². The van der Waals surface area contributed by atoms with Crippen LogP contribution < -0.4 is 58.9 Å². The zero-order chi connectivity index (χ0) is 26.2. The minimum atomic E-state index is 0.207. The van der Waals surface area contributed by atoms with Gasteiger partial charge in [0.2, 0.25) is 0 Å². The van der Waals surface area contributed by atoms with Crippen LogP contribution in [0, 0.1) is 41.4 Å². The Morgan fingerprint density at radius 1 is 0.325 bits per heavy atom. The maximum Gasteiger partial charge on any atom is 0.0772 e. The molecule has 16 atom stereocenters. The Hall–Kier alpha value is -0.440. The molecule has 224 valence electrons. The van der Waals surface area contributed by atoms with Gasteiger partial charge in [0.15, 0.2) is 0 Å². The molecule has 0 radical (unpaired) electrons. The topological polar surface area (TPSA) is 132 Å². The van der Waals surface area contributed by atoms with Crippen LogP contribution in [0.15, 0.2) is 0 Å². The molecule has 0 aromatic carbocycles. The minimum absolute atomic E-state index is 0.207. The molecule has 16 unspecified atom stereocenters. The fourth-order valence-corrected chi connectivity index (χ4v) is 11.1. The van der Waals surface area contributed by atoms with Crippen molar-refractivity contribution in [2.75, 3.05) is 6.54 Å². The van der Waals surface area contributed by atoms with E-state index in [0.717, 1.165) is 18.4 Å². The van der Waals surface area contributed by atoms with Crippen LogP contribution in [-0.4, -0.2) is 61.9 Å². The van der Waals surface area contributed by atoms with Gasteiger partial charge < -0.3 is 0 Å². The molecule has 9 fully saturated rings. The van der Waals surface area contributed by atoms with Gasteiger partial charge in [-0.1, -0.05) is 38.5 Å². The Labute approximate surface area is 239 Å². The summed E-state index contributed by atoms with van der Waals surface area (Å²) in [7, 11) is 0. The van der Waals surface area contributed by atoms with Crippen LogP contribution in [0.4, 0.5) is 0 Å². The average molecular weight is 556 g/mol. The summed E-state index contributed by atoms with van der Waals surface area (Å²) in [6, 6.07) is 0.323. The number of hydrogen-bond donors (Lipinski definition) is 11. The molecule has 11 heteroatoms. The third kappa shape index (κ3) is 4.34. The maximum atomic E-state index is 4.23. The Morgan fingerprint density at radius 2 is 0.625 bits per heavy atom. The lowest BCUT2D eigenvalue weighted by Crippen LogP contribution is -2.66. The third-order valence-electron chi connectivity index (χ3n) is 13.0. The van der Waals surface area contributed by atoms with Crippen molar-refractivity contribution >= 4 is 0 Å². The number of nitrogens with one attached hydrogen (secondary N) is 11. The molecule has 0 aromatic heterocycles. The van der Waals surface area contributed by atoms with Crippen molar-refractivity contribution in [1.82, 2.24) is 58.9 Å². The van der Waals surface area contributed by atoms with E-state index >= 15 is 0 Å². The summed E-state index contributed by atoms with van der Waals surface area (Å²) in [5.74, 6) is 4.68. The SMILES string of the molecule is C1CCC2C3NC(NC4NC(NC5NC(NC6NC(N3)C3CCCCC63)C3NNNCC53)C3CCCCC43)C2C1. The Morgan fingerprint density at radius 3 is 0.975 bits per heavy atom. The van der Waals surface area contributed by atoms with Crippen LogP contribution >= 0.6 is 0 Å². The standard InChI is InChI=1S/C29H53N11/c1-2-8-15-14(7-1)22-31-23(15)33-25-18-11-5-6-12-19(18)27(35-25)37-29-21-20(13-30-40-39-21)28(38-29)36-26-17-10-4-3-9-16(17)24(32-22)34-26/h14-40H,1-13H2. The molecule has 40 heavy (non-hydrogen) atoms. The monoisotopic (exact) mass is 555 g/mol. The molecule has 6 saturated heterocycles. The van der Waals surface area contributed by atoms with Crippen molar-refractivity contribution in [1.29, 1.82) is 0 Å².